The van der Waals surface area contributed by atoms with Gasteiger partial charge in [-0.1, -0.05) is 12.1 Å². The first-order chi connectivity index (χ1) is 7.27. The summed E-state index contributed by atoms with van der Waals surface area (Å²) in [6.45, 7) is 0.634. The molecule has 0 saturated carbocycles. The van der Waals surface area contributed by atoms with E-state index in [1.165, 1.54) is 0 Å². The predicted molar refractivity (Wildman–Crippen MR) is 63.0 cm³/mol. The highest BCUT2D eigenvalue weighted by atomic mass is 32.1. The maximum Gasteiger partial charge on any atom is 0.184 e. The summed E-state index contributed by atoms with van der Waals surface area (Å²) in [5.41, 5.74) is 9.82. The van der Waals surface area contributed by atoms with Crippen molar-refractivity contribution in [2.45, 2.75) is 6.42 Å². The molecule has 0 atom stereocenters. The third-order valence-corrected chi connectivity index (χ3v) is 2.19. The van der Waals surface area contributed by atoms with Crippen molar-refractivity contribution in [2.24, 2.45) is 10.8 Å². The van der Waals surface area contributed by atoms with E-state index in [0.29, 0.717) is 6.61 Å². The minimum atomic E-state index is 0.173. The minimum Gasteiger partial charge on any atom is -0.492 e. The third kappa shape index (κ3) is 2.24. The van der Waals surface area contributed by atoms with Gasteiger partial charge in [0.25, 0.3) is 0 Å². The lowest BCUT2D eigenvalue weighted by Crippen LogP contribution is -2.27. The Hall–Kier alpha value is -1.62. The van der Waals surface area contributed by atoms with Crippen LogP contribution in [0.15, 0.2) is 29.4 Å². The molecule has 0 unspecified atom stereocenters. The summed E-state index contributed by atoms with van der Waals surface area (Å²) in [5.74, 6) is 0.854. The number of benzene rings is 1. The Kier molecular flexibility index (Phi) is 2.82. The van der Waals surface area contributed by atoms with Gasteiger partial charge in [-0.25, -0.2) is 0 Å². The summed E-state index contributed by atoms with van der Waals surface area (Å²) in [6, 6.07) is 7.77. The van der Waals surface area contributed by atoms with E-state index in [9.17, 15) is 0 Å². The molecule has 1 aromatic rings. The number of hydrogen-bond acceptors (Lipinski definition) is 3. The Labute approximate surface area is 93.1 Å². The van der Waals surface area contributed by atoms with Crippen LogP contribution in [0.5, 0.6) is 5.75 Å². The van der Waals surface area contributed by atoms with Gasteiger partial charge < -0.3 is 10.5 Å². The quantitative estimate of drug-likeness (QED) is 0.549. The van der Waals surface area contributed by atoms with Gasteiger partial charge in [0.05, 0.1) is 12.3 Å². The molecule has 5 heteroatoms. The smallest absolute Gasteiger partial charge is 0.184 e. The molecule has 0 amide bonds. The zero-order valence-corrected chi connectivity index (χ0v) is 8.88. The summed E-state index contributed by atoms with van der Waals surface area (Å²) in [4.78, 5) is 0. The Morgan fingerprint density at radius 3 is 3.07 bits per heavy atom. The normalized spacial score (nSPS) is 16.7. The highest BCUT2D eigenvalue weighted by Crippen LogP contribution is 2.23. The van der Waals surface area contributed by atoms with Gasteiger partial charge in [-0.3, -0.25) is 5.43 Å². The number of thiocarbonyl (C=S) groups is 1. The van der Waals surface area contributed by atoms with Gasteiger partial charge >= 0.3 is 0 Å². The number of ether oxygens (including phenoxy) is 1. The number of nitrogens with one attached hydrogen (secondary N) is 1. The molecule has 1 heterocycles. The lowest BCUT2D eigenvalue weighted by Gasteiger charge is -2.18. The van der Waals surface area contributed by atoms with Gasteiger partial charge in [0, 0.05) is 12.0 Å². The summed E-state index contributed by atoms with van der Waals surface area (Å²) < 4.78 is 5.49. The standard InChI is InChI=1S/C10H11N3OS/c11-10(15)13-12-8-5-6-14-9-4-2-1-3-7(8)9/h1-4H,5-6H2,(H3,11,13,15)/b12-8-. The molecule has 1 aliphatic rings. The first kappa shape index (κ1) is 9.92. The predicted octanol–water partition coefficient (Wildman–Crippen LogP) is 1.01. The fourth-order valence-corrected chi connectivity index (χ4v) is 1.51. The Morgan fingerprint density at radius 2 is 2.27 bits per heavy atom. The van der Waals surface area contributed by atoms with E-state index in [0.717, 1.165) is 23.4 Å². The van der Waals surface area contributed by atoms with E-state index in [1.54, 1.807) is 0 Å². The van der Waals surface area contributed by atoms with Gasteiger partial charge in [0.2, 0.25) is 0 Å². The fraction of sp³-hybridized carbons (Fsp3) is 0.200. The number of nitrogens with zero attached hydrogens (tertiary/aromatic N) is 1. The molecule has 78 valence electrons. The molecule has 0 saturated heterocycles. The third-order valence-electron chi connectivity index (χ3n) is 2.10. The SMILES string of the molecule is NC(=S)N/N=C1/CCOc2ccccc21. The summed E-state index contributed by atoms with van der Waals surface area (Å²) in [5, 5.41) is 4.32. The van der Waals surface area contributed by atoms with Crippen LogP contribution < -0.4 is 15.9 Å². The average Bonchev–Trinajstić information content (AvgIpc) is 2.26. The summed E-state index contributed by atoms with van der Waals surface area (Å²) in [6.07, 6.45) is 0.757. The second-order valence-electron chi connectivity index (χ2n) is 3.13. The zero-order chi connectivity index (χ0) is 10.7. The number of para-hydroxylation sites is 1. The molecule has 1 aromatic carbocycles. The van der Waals surface area contributed by atoms with E-state index < -0.39 is 0 Å². The van der Waals surface area contributed by atoms with Crippen LogP contribution in [0.4, 0.5) is 0 Å². The molecule has 3 N–H and O–H groups in total. The van der Waals surface area contributed by atoms with E-state index in [-0.39, 0.29) is 5.11 Å². The van der Waals surface area contributed by atoms with Crippen LogP contribution in [0, 0.1) is 0 Å². The highest BCUT2D eigenvalue weighted by Gasteiger charge is 2.15. The van der Waals surface area contributed by atoms with Crippen LogP contribution in [0.25, 0.3) is 0 Å². The highest BCUT2D eigenvalue weighted by molar-refractivity contribution is 7.80. The topological polar surface area (TPSA) is 59.6 Å². The van der Waals surface area contributed by atoms with E-state index in [4.69, 9.17) is 22.7 Å². The van der Waals surface area contributed by atoms with Crippen molar-refractivity contribution in [2.75, 3.05) is 6.61 Å². The Bertz CT molecular complexity index is 417. The largest absolute Gasteiger partial charge is 0.492 e. The summed E-state index contributed by atoms with van der Waals surface area (Å²) in [7, 11) is 0. The molecule has 0 fully saturated rings. The van der Waals surface area contributed by atoms with E-state index >= 15 is 0 Å². The van der Waals surface area contributed by atoms with Crippen molar-refractivity contribution in [1.82, 2.24) is 5.43 Å². The molecular formula is C10H11N3OS. The fourth-order valence-electron chi connectivity index (χ4n) is 1.46. The van der Waals surface area contributed by atoms with Crippen LogP contribution in [-0.4, -0.2) is 17.4 Å². The zero-order valence-electron chi connectivity index (χ0n) is 8.06. The van der Waals surface area contributed by atoms with Crippen molar-refractivity contribution in [3.63, 3.8) is 0 Å². The number of nitrogens with two attached hydrogens (primary N) is 1. The Morgan fingerprint density at radius 1 is 1.47 bits per heavy atom. The lowest BCUT2D eigenvalue weighted by atomic mass is 10.0. The average molecular weight is 221 g/mol. The van der Waals surface area contributed by atoms with Gasteiger partial charge in [0.15, 0.2) is 5.11 Å². The first-order valence-corrected chi connectivity index (χ1v) is 5.02. The van der Waals surface area contributed by atoms with Gasteiger partial charge in [-0.05, 0) is 24.4 Å². The molecule has 2 rings (SSSR count). The van der Waals surface area contributed by atoms with Crippen molar-refractivity contribution in [3.8, 4) is 5.75 Å². The van der Waals surface area contributed by atoms with Gasteiger partial charge in [0.1, 0.15) is 5.75 Å². The van der Waals surface area contributed by atoms with Crippen LogP contribution >= 0.6 is 12.2 Å². The molecule has 0 bridgehead atoms. The van der Waals surface area contributed by atoms with Crippen LogP contribution in [0.2, 0.25) is 0 Å². The maximum atomic E-state index is 5.49. The lowest BCUT2D eigenvalue weighted by molar-refractivity contribution is 0.320. The Balaban J connectivity index is 2.29. The minimum absolute atomic E-state index is 0.173. The van der Waals surface area contributed by atoms with Gasteiger partial charge in [-0.15, -0.1) is 0 Å². The van der Waals surface area contributed by atoms with Crippen LogP contribution in [0.1, 0.15) is 12.0 Å². The molecule has 0 radical (unpaired) electrons. The van der Waals surface area contributed by atoms with Crippen LogP contribution in [0.3, 0.4) is 0 Å². The molecule has 4 nitrogen and oxygen atoms in total. The second kappa shape index (κ2) is 4.27. The molecule has 0 aliphatic carbocycles. The summed E-state index contributed by atoms with van der Waals surface area (Å²) >= 11 is 4.69. The maximum absolute atomic E-state index is 5.49. The van der Waals surface area contributed by atoms with E-state index in [2.05, 4.69) is 10.5 Å². The molecule has 0 spiro atoms. The number of rotatable bonds is 1. The number of hydrazone groups is 1. The molecule has 0 aromatic heterocycles. The second-order valence-corrected chi connectivity index (χ2v) is 3.57. The first-order valence-electron chi connectivity index (χ1n) is 4.61. The van der Waals surface area contributed by atoms with Crippen molar-refractivity contribution < 1.29 is 4.74 Å². The van der Waals surface area contributed by atoms with E-state index in [1.807, 2.05) is 24.3 Å². The molecule has 15 heavy (non-hydrogen) atoms. The van der Waals surface area contributed by atoms with Crippen LogP contribution in [-0.2, 0) is 0 Å². The monoisotopic (exact) mass is 221 g/mol. The van der Waals surface area contributed by atoms with Crippen molar-refractivity contribution in [3.05, 3.63) is 29.8 Å². The van der Waals surface area contributed by atoms with Crippen molar-refractivity contribution in [1.29, 1.82) is 0 Å². The van der Waals surface area contributed by atoms with Gasteiger partial charge in [-0.2, -0.15) is 5.10 Å². The van der Waals surface area contributed by atoms with Crippen molar-refractivity contribution >= 4 is 23.0 Å². The number of hydrogen-bond donors (Lipinski definition) is 2. The molecular weight excluding hydrogens is 210 g/mol. The molecule has 1 aliphatic heterocycles. The number of fused-ring (bicyclic) bond motifs is 1.